The van der Waals surface area contributed by atoms with E-state index in [-0.39, 0.29) is 11.3 Å². The summed E-state index contributed by atoms with van der Waals surface area (Å²) in [4.78, 5) is 18.5. The van der Waals surface area contributed by atoms with Crippen molar-refractivity contribution in [3.8, 4) is 0 Å². The average Bonchev–Trinajstić information content (AvgIpc) is 3.02. The second-order valence-electron chi connectivity index (χ2n) is 7.33. The SMILES string of the molecule is CN=C(NCCOCCC(C)C)NCC1(C(=O)N(C)C)CCCC1. The van der Waals surface area contributed by atoms with Gasteiger partial charge in [-0.1, -0.05) is 26.7 Å². The first-order valence-electron chi connectivity index (χ1n) is 9.15. The van der Waals surface area contributed by atoms with Gasteiger partial charge in [-0.2, -0.15) is 0 Å². The predicted molar refractivity (Wildman–Crippen MR) is 99.2 cm³/mol. The van der Waals surface area contributed by atoms with Crippen molar-refractivity contribution < 1.29 is 9.53 Å². The third-order valence-corrected chi connectivity index (χ3v) is 4.62. The highest BCUT2D eigenvalue weighted by atomic mass is 16.5. The van der Waals surface area contributed by atoms with E-state index in [1.807, 2.05) is 14.1 Å². The summed E-state index contributed by atoms with van der Waals surface area (Å²) in [5.41, 5.74) is -0.283. The number of nitrogens with zero attached hydrogens (tertiary/aromatic N) is 2. The Kier molecular flexibility index (Phi) is 9.11. The molecule has 0 aromatic carbocycles. The van der Waals surface area contributed by atoms with Crippen LogP contribution in [0.3, 0.4) is 0 Å². The highest BCUT2D eigenvalue weighted by molar-refractivity contribution is 5.85. The molecule has 0 aromatic heterocycles. The Morgan fingerprint density at radius 2 is 1.88 bits per heavy atom. The summed E-state index contributed by atoms with van der Waals surface area (Å²) in [6.07, 6.45) is 5.23. The van der Waals surface area contributed by atoms with E-state index in [0.29, 0.717) is 25.6 Å². The highest BCUT2D eigenvalue weighted by Crippen LogP contribution is 2.38. The molecule has 0 aliphatic heterocycles. The Morgan fingerprint density at radius 3 is 2.42 bits per heavy atom. The van der Waals surface area contributed by atoms with Gasteiger partial charge >= 0.3 is 0 Å². The maximum atomic E-state index is 12.6. The number of guanidine groups is 1. The van der Waals surface area contributed by atoms with Crippen molar-refractivity contribution in [1.29, 1.82) is 0 Å². The van der Waals surface area contributed by atoms with Gasteiger partial charge in [0, 0.05) is 40.8 Å². The van der Waals surface area contributed by atoms with Gasteiger partial charge in [-0.15, -0.1) is 0 Å². The zero-order valence-electron chi connectivity index (χ0n) is 16.2. The van der Waals surface area contributed by atoms with Crippen molar-refractivity contribution in [1.82, 2.24) is 15.5 Å². The van der Waals surface area contributed by atoms with Gasteiger partial charge in [-0.3, -0.25) is 9.79 Å². The fraction of sp³-hybridized carbons (Fsp3) is 0.889. The molecule has 0 saturated heterocycles. The molecular formula is C18H36N4O2. The minimum atomic E-state index is -0.283. The maximum Gasteiger partial charge on any atom is 0.230 e. The fourth-order valence-corrected chi connectivity index (χ4v) is 3.13. The first kappa shape index (κ1) is 20.7. The third-order valence-electron chi connectivity index (χ3n) is 4.62. The van der Waals surface area contributed by atoms with E-state index in [2.05, 4.69) is 29.5 Å². The number of amides is 1. The van der Waals surface area contributed by atoms with Crippen LogP contribution in [0, 0.1) is 11.3 Å². The molecule has 0 unspecified atom stereocenters. The number of carbonyl (C=O) groups is 1. The van der Waals surface area contributed by atoms with E-state index in [4.69, 9.17) is 4.74 Å². The molecule has 1 saturated carbocycles. The molecule has 0 radical (unpaired) electrons. The number of aliphatic imine (C=N–C) groups is 1. The lowest BCUT2D eigenvalue weighted by molar-refractivity contribution is -0.138. The molecule has 24 heavy (non-hydrogen) atoms. The largest absolute Gasteiger partial charge is 0.380 e. The number of hydrogen-bond acceptors (Lipinski definition) is 3. The van der Waals surface area contributed by atoms with Gasteiger partial charge in [-0.25, -0.2) is 0 Å². The van der Waals surface area contributed by atoms with Crippen molar-refractivity contribution in [2.75, 3.05) is 47.4 Å². The zero-order chi connectivity index (χ0) is 18.0. The van der Waals surface area contributed by atoms with Crippen LogP contribution in [0.1, 0.15) is 46.0 Å². The third kappa shape index (κ3) is 6.67. The van der Waals surface area contributed by atoms with E-state index in [0.717, 1.165) is 44.7 Å². The Bertz CT molecular complexity index is 402. The van der Waals surface area contributed by atoms with Gasteiger partial charge < -0.3 is 20.3 Å². The van der Waals surface area contributed by atoms with Crippen molar-refractivity contribution >= 4 is 11.9 Å². The minimum Gasteiger partial charge on any atom is -0.380 e. The van der Waals surface area contributed by atoms with Crippen LogP contribution in [-0.4, -0.2) is 64.2 Å². The number of hydrogen-bond donors (Lipinski definition) is 2. The van der Waals surface area contributed by atoms with E-state index in [1.165, 1.54) is 0 Å². The molecule has 0 aromatic rings. The summed E-state index contributed by atoms with van der Waals surface area (Å²) in [6.45, 7) is 7.20. The smallest absolute Gasteiger partial charge is 0.230 e. The molecule has 6 nitrogen and oxygen atoms in total. The van der Waals surface area contributed by atoms with Crippen LogP contribution in [0.4, 0.5) is 0 Å². The summed E-state index contributed by atoms with van der Waals surface area (Å²) in [5.74, 6) is 1.63. The van der Waals surface area contributed by atoms with Crippen molar-refractivity contribution in [2.24, 2.45) is 16.3 Å². The van der Waals surface area contributed by atoms with E-state index >= 15 is 0 Å². The molecule has 1 amide bonds. The Balaban J connectivity index is 2.35. The molecule has 2 N–H and O–H groups in total. The summed E-state index contributed by atoms with van der Waals surface area (Å²) in [6, 6.07) is 0. The van der Waals surface area contributed by atoms with Crippen LogP contribution >= 0.6 is 0 Å². The van der Waals surface area contributed by atoms with E-state index in [1.54, 1.807) is 11.9 Å². The number of ether oxygens (including phenoxy) is 1. The van der Waals surface area contributed by atoms with Gasteiger partial charge in [0.25, 0.3) is 0 Å². The molecule has 0 bridgehead atoms. The van der Waals surface area contributed by atoms with Crippen molar-refractivity contribution in [2.45, 2.75) is 46.0 Å². The lowest BCUT2D eigenvalue weighted by Crippen LogP contribution is -2.49. The normalized spacial score (nSPS) is 17.2. The first-order valence-corrected chi connectivity index (χ1v) is 9.15. The Morgan fingerprint density at radius 1 is 1.21 bits per heavy atom. The van der Waals surface area contributed by atoms with Crippen molar-refractivity contribution in [3.05, 3.63) is 0 Å². The Hall–Kier alpha value is -1.30. The Labute approximate surface area is 147 Å². The number of carbonyl (C=O) groups excluding carboxylic acids is 1. The minimum absolute atomic E-state index is 0.222. The number of rotatable bonds is 9. The molecule has 0 spiro atoms. The quantitative estimate of drug-likeness (QED) is 0.382. The monoisotopic (exact) mass is 340 g/mol. The van der Waals surface area contributed by atoms with Crippen LogP contribution in [0.15, 0.2) is 4.99 Å². The molecule has 1 rings (SSSR count). The lowest BCUT2D eigenvalue weighted by atomic mass is 9.84. The van der Waals surface area contributed by atoms with Crippen LogP contribution in [-0.2, 0) is 9.53 Å². The van der Waals surface area contributed by atoms with Gasteiger partial charge in [0.05, 0.1) is 12.0 Å². The van der Waals surface area contributed by atoms with Crippen LogP contribution in [0.25, 0.3) is 0 Å². The molecule has 0 heterocycles. The fourth-order valence-electron chi connectivity index (χ4n) is 3.13. The average molecular weight is 341 g/mol. The maximum absolute atomic E-state index is 12.6. The summed E-state index contributed by atoms with van der Waals surface area (Å²) in [7, 11) is 5.43. The molecule has 1 aliphatic rings. The van der Waals surface area contributed by atoms with Crippen LogP contribution < -0.4 is 10.6 Å². The standard InChI is InChI=1S/C18H36N4O2/c1-15(2)8-12-24-13-11-20-17(19-3)21-14-18(9-6-7-10-18)16(23)22(4)5/h15H,6-14H2,1-5H3,(H2,19,20,21). The van der Waals surface area contributed by atoms with E-state index < -0.39 is 0 Å². The zero-order valence-corrected chi connectivity index (χ0v) is 16.2. The summed E-state index contributed by atoms with van der Waals surface area (Å²) in [5, 5.41) is 6.59. The molecule has 0 atom stereocenters. The first-order chi connectivity index (χ1) is 11.4. The molecular weight excluding hydrogens is 304 g/mol. The molecule has 1 aliphatic carbocycles. The van der Waals surface area contributed by atoms with Gasteiger partial charge in [0.15, 0.2) is 5.96 Å². The number of nitrogens with one attached hydrogen (secondary N) is 2. The van der Waals surface area contributed by atoms with Gasteiger partial charge in [0.1, 0.15) is 0 Å². The predicted octanol–water partition coefficient (Wildman–Crippen LogP) is 1.86. The molecule has 140 valence electrons. The summed E-state index contributed by atoms with van der Waals surface area (Å²) < 4.78 is 5.60. The molecule has 6 heteroatoms. The topological polar surface area (TPSA) is 66.0 Å². The van der Waals surface area contributed by atoms with Gasteiger partial charge in [-0.05, 0) is 25.2 Å². The van der Waals surface area contributed by atoms with E-state index in [9.17, 15) is 4.79 Å². The second-order valence-corrected chi connectivity index (χ2v) is 7.33. The lowest BCUT2D eigenvalue weighted by Gasteiger charge is -2.31. The molecule has 1 fully saturated rings. The van der Waals surface area contributed by atoms with Gasteiger partial charge in [0.2, 0.25) is 5.91 Å². The summed E-state index contributed by atoms with van der Waals surface area (Å²) >= 11 is 0. The van der Waals surface area contributed by atoms with Crippen LogP contribution in [0.5, 0.6) is 0 Å². The van der Waals surface area contributed by atoms with Crippen LogP contribution in [0.2, 0.25) is 0 Å². The second kappa shape index (κ2) is 10.5. The van der Waals surface area contributed by atoms with Crippen molar-refractivity contribution in [3.63, 3.8) is 0 Å². The highest BCUT2D eigenvalue weighted by Gasteiger charge is 2.42.